The van der Waals surface area contributed by atoms with Crippen molar-refractivity contribution in [1.29, 1.82) is 0 Å². The SMILES string of the molecule is CC(COC(=O)CCC([N+](=O)[O-])([N+](=O)[O-])[N+](=O)[O-])([N+](=O)[O-])[N+](=O)[O-]. The number of hydrogen-bond acceptors (Lipinski definition) is 12. The number of rotatable bonds is 10. The predicted molar refractivity (Wildman–Crippen MR) is 66.3 cm³/mol. The fraction of sp³-hybridized carbons (Fsp3) is 0.857. The molecule has 0 saturated carbocycles. The maximum Gasteiger partial charge on any atom is 0.700 e. The Morgan fingerprint density at radius 3 is 1.50 bits per heavy atom. The minimum Gasteiger partial charge on any atom is -0.450 e. The number of hydrogen-bond donors (Lipinski definition) is 0. The summed E-state index contributed by atoms with van der Waals surface area (Å²) in [6, 6.07) is 0. The highest BCUT2D eigenvalue weighted by molar-refractivity contribution is 5.69. The van der Waals surface area contributed by atoms with Crippen LogP contribution in [0.5, 0.6) is 0 Å². The van der Waals surface area contributed by atoms with Crippen LogP contribution in [-0.4, -0.2) is 48.6 Å². The molecule has 0 saturated heterocycles. The Kier molecular flexibility index (Phi) is 6.10. The smallest absolute Gasteiger partial charge is 0.450 e. The van der Waals surface area contributed by atoms with E-state index in [4.69, 9.17) is 0 Å². The minimum atomic E-state index is -3.91. The first kappa shape index (κ1) is 20.5. The van der Waals surface area contributed by atoms with Gasteiger partial charge in [-0.25, -0.2) is 0 Å². The Morgan fingerprint density at radius 1 is 0.833 bits per heavy atom. The molecule has 134 valence electrons. The first-order chi connectivity index (χ1) is 10.8. The van der Waals surface area contributed by atoms with Crippen LogP contribution in [0.3, 0.4) is 0 Å². The largest absolute Gasteiger partial charge is 0.700 e. The zero-order valence-corrected chi connectivity index (χ0v) is 11.8. The van der Waals surface area contributed by atoms with E-state index in [-0.39, 0.29) is 0 Å². The normalized spacial score (nSPS) is 11.4. The molecule has 0 aromatic heterocycles. The van der Waals surface area contributed by atoms with E-state index in [1.165, 1.54) is 0 Å². The average molecular weight is 355 g/mol. The van der Waals surface area contributed by atoms with Gasteiger partial charge < -0.3 is 4.74 Å². The summed E-state index contributed by atoms with van der Waals surface area (Å²) in [5, 5.41) is 52.9. The van der Waals surface area contributed by atoms with Gasteiger partial charge in [0.1, 0.15) is 9.85 Å². The van der Waals surface area contributed by atoms with Crippen molar-refractivity contribution in [3.63, 3.8) is 0 Å². The van der Waals surface area contributed by atoms with Gasteiger partial charge in [-0.2, -0.15) is 0 Å². The molecule has 0 unspecified atom stereocenters. The van der Waals surface area contributed by atoms with Gasteiger partial charge in [0.25, 0.3) is 0 Å². The lowest BCUT2D eigenvalue weighted by Crippen LogP contribution is -2.53. The van der Waals surface area contributed by atoms with Crippen LogP contribution in [-0.2, 0) is 9.53 Å². The molecule has 0 rings (SSSR count). The Labute approximate surface area is 129 Å². The van der Waals surface area contributed by atoms with E-state index in [0.29, 0.717) is 6.92 Å². The molecule has 0 amide bonds. The maximum absolute atomic E-state index is 11.3. The monoisotopic (exact) mass is 355 g/mol. The number of nitro groups is 5. The van der Waals surface area contributed by atoms with E-state index in [1.54, 1.807) is 0 Å². The van der Waals surface area contributed by atoms with E-state index in [0.717, 1.165) is 0 Å². The van der Waals surface area contributed by atoms with Gasteiger partial charge in [0.2, 0.25) is 6.61 Å². The number of ether oxygens (including phenoxy) is 1. The van der Waals surface area contributed by atoms with Gasteiger partial charge in [0.15, 0.2) is 21.2 Å². The zero-order valence-electron chi connectivity index (χ0n) is 11.8. The third kappa shape index (κ3) is 3.81. The van der Waals surface area contributed by atoms with Crippen LogP contribution in [0.4, 0.5) is 0 Å². The zero-order chi connectivity index (χ0) is 19.3. The van der Waals surface area contributed by atoms with Crippen molar-refractivity contribution in [2.75, 3.05) is 6.61 Å². The van der Waals surface area contributed by atoms with Crippen molar-refractivity contribution in [3.05, 3.63) is 50.6 Å². The van der Waals surface area contributed by atoms with Crippen molar-refractivity contribution < 1.29 is 34.1 Å². The molecule has 0 aliphatic rings. The maximum atomic E-state index is 11.3. The summed E-state index contributed by atoms with van der Waals surface area (Å²) in [5.74, 6) is -5.46. The molecule has 0 bridgehead atoms. The van der Waals surface area contributed by atoms with Crippen LogP contribution < -0.4 is 0 Å². The predicted octanol–water partition coefficient (Wildman–Crippen LogP) is -0.937. The molecule has 0 aromatic rings. The number of nitrogens with zero attached hydrogens (tertiary/aromatic N) is 5. The van der Waals surface area contributed by atoms with Gasteiger partial charge in [-0.05, 0) is 0 Å². The van der Waals surface area contributed by atoms with Crippen molar-refractivity contribution in [3.8, 4) is 0 Å². The highest BCUT2D eigenvalue weighted by Gasteiger charge is 2.70. The topological polar surface area (TPSA) is 242 Å². The van der Waals surface area contributed by atoms with Crippen LogP contribution in [0, 0.1) is 50.6 Å². The minimum absolute atomic E-state index is 0.510. The second kappa shape index (κ2) is 7.15. The molecule has 0 aliphatic heterocycles. The van der Waals surface area contributed by atoms with Crippen molar-refractivity contribution >= 4 is 5.97 Å². The Hall–Kier alpha value is -3.53. The molecule has 0 fully saturated rings. The molecule has 0 aliphatic carbocycles. The van der Waals surface area contributed by atoms with Crippen LogP contribution in [0.15, 0.2) is 0 Å². The van der Waals surface area contributed by atoms with Gasteiger partial charge in [-0.15, -0.1) is 0 Å². The van der Waals surface area contributed by atoms with E-state index in [1.807, 2.05) is 0 Å². The van der Waals surface area contributed by atoms with E-state index in [2.05, 4.69) is 4.74 Å². The number of esters is 1. The quantitative estimate of drug-likeness (QED) is 0.199. The molecular formula is C7H9N5O12. The molecular weight excluding hydrogens is 346 g/mol. The summed E-state index contributed by atoms with van der Waals surface area (Å²) in [5.41, 5.74) is -2.91. The summed E-state index contributed by atoms with van der Waals surface area (Å²) in [6.45, 7) is -0.871. The van der Waals surface area contributed by atoms with Crippen LogP contribution in [0.2, 0.25) is 0 Å². The fourth-order valence-electron chi connectivity index (χ4n) is 1.21. The second-order valence-electron chi connectivity index (χ2n) is 4.44. The third-order valence-corrected chi connectivity index (χ3v) is 2.83. The number of carbonyl (C=O) groups excluding carboxylic acids is 1. The van der Waals surface area contributed by atoms with Gasteiger partial charge in [0.05, 0.1) is 13.3 Å². The Balaban J connectivity index is 5.05. The lowest BCUT2D eigenvalue weighted by atomic mass is 10.2. The van der Waals surface area contributed by atoms with Gasteiger partial charge in [-0.1, -0.05) is 0 Å². The molecule has 0 atom stereocenters. The van der Waals surface area contributed by atoms with Crippen molar-refractivity contribution in [2.24, 2.45) is 0 Å². The van der Waals surface area contributed by atoms with Gasteiger partial charge >= 0.3 is 17.4 Å². The van der Waals surface area contributed by atoms with E-state index < -0.39 is 61.5 Å². The van der Waals surface area contributed by atoms with Gasteiger partial charge in [-0.3, -0.25) is 55.4 Å². The lowest BCUT2D eigenvalue weighted by molar-refractivity contribution is -0.970. The summed E-state index contributed by atoms with van der Waals surface area (Å²) in [7, 11) is 0. The standard InChI is InChI=1S/C7H9N5O12/c1-6(8(14)15,9(16)17)4-24-5(13)2-3-7(10(18)19,11(20)21)12(22)23/h2-4H2,1H3. The summed E-state index contributed by atoms with van der Waals surface area (Å²) in [6.07, 6.45) is -2.76. The van der Waals surface area contributed by atoms with Crippen molar-refractivity contribution in [1.82, 2.24) is 0 Å². The molecule has 0 radical (unpaired) electrons. The first-order valence-corrected chi connectivity index (χ1v) is 5.70. The van der Waals surface area contributed by atoms with Crippen molar-refractivity contribution in [2.45, 2.75) is 31.2 Å². The number of carbonyl (C=O) groups is 1. The molecule has 0 aromatic carbocycles. The molecule has 17 heteroatoms. The molecule has 0 heterocycles. The summed E-state index contributed by atoms with van der Waals surface area (Å²) in [4.78, 5) is 56.1. The van der Waals surface area contributed by atoms with Gasteiger partial charge in [0, 0.05) is 0 Å². The second-order valence-corrected chi connectivity index (χ2v) is 4.44. The first-order valence-electron chi connectivity index (χ1n) is 5.70. The van der Waals surface area contributed by atoms with Crippen LogP contribution in [0.25, 0.3) is 0 Å². The molecule has 24 heavy (non-hydrogen) atoms. The van der Waals surface area contributed by atoms with E-state index in [9.17, 15) is 55.4 Å². The average Bonchev–Trinajstić information content (AvgIpc) is 2.43. The summed E-state index contributed by atoms with van der Waals surface area (Å²) >= 11 is 0. The third-order valence-electron chi connectivity index (χ3n) is 2.83. The van der Waals surface area contributed by atoms with E-state index >= 15 is 0 Å². The van der Waals surface area contributed by atoms with Crippen LogP contribution >= 0.6 is 0 Å². The molecule has 17 nitrogen and oxygen atoms in total. The van der Waals surface area contributed by atoms with Crippen LogP contribution in [0.1, 0.15) is 19.8 Å². The highest BCUT2D eigenvalue weighted by atomic mass is 16.7. The fourth-order valence-corrected chi connectivity index (χ4v) is 1.21. The highest BCUT2D eigenvalue weighted by Crippen LogP contribution is 2.20. The molecule has 0 N–H and O–H groups in total. The molecule has 0 spiro atoms. The lowest BCUT2D eigenvalue weighted by Gasteiger charge is -2.13. The Morgan fingerprint density at radius 2 is 1.21 bits per heavy atom. The summed E-state index contributed by atoms with van der Waals surface area (Å²) < 4.78 is 4.17. The Bertz CT molecular complexity index is 551.